The molecule has 1 aromatic heterocycles. The first-order valence-corrected chi connectivity index (χ1v) is 11.9. The second-order valence-electron chi connectivity index (χ2n) is 7.90. The molecule has 7 nitrogen and oxygen atoms in total. The van der Waals surface area contributed by atoms with Crippen LogP contribution in [0.15, 0.2) is 47.4 Å². The smallest absolute Gasteiger partial charge is 0.226 e. The van der Waals surface area contributed by atoms with Gasteiger partial charge in [-0.05, 0) is 43.7 Å². The summed E-state index contributed by atoms with van der Waals surface area (Å²) >= 11 is 0. The number of aryl methyl sites for hydroxylation is 1. The number of anilines is 1. The Hall–Kier alpha value is -2.62. The largest absolute Gasteiger partial charge is 0.335 e. The first-order valence-electron chi connectivity index (χ1n) is 10.2. The minimum Gasteiger partial charge on any atom is -0.335 e. The molecule has 0 amide bonds. The van der Waals surface area contributed by atoms with Crippen molar-refractivity contribution >= 4 is 26.7 Å². The van der Waals surface area contributed by atoms with Crippen LogP contribution in [0.5, 0.6) is 0 Å². The fourth-order valence-corrected chi connectivity index (χ4v) is 5.39. The Bertz CT molecular complexity index is 1220. The molecule has 1 aliphatic rings. The highest BCUT2D eigenvalue weighted by Gasteiger charge is 2.28. The van der Waals surface area contributed by atoms with Crippen molar-refractivity contribution in [3.63, 3.8) is 0 Å². The molecular weight excluding hydrogens is 417 g/mol. The first-order chi connectivity index (χ1) is 14.8. The molecule has 4 rings (SSSR count). The topological polar surface area (TPSA) is 115 Å². The first kappa shape index (κ1) is 21.6. The van der Waals surface area contributed by atoms with E-state index in [-0.39, 0.29) is 25.3 Å². The summed E-state index contributed by atoms with van der Waals surface area (Å²) in [5.41, 5.74) is 14.5. The van der Waals surface area contributed by atoms with Crippen LogP contribution in [0.2, 0.25) is 0 Å². The highest BCUT2D eigenvalue weighted by Crippen LogP contribution is 2.30. The number of aromatic nitrogens is 2. The lowest BCUT2D eigenvalue weighted by Crippen LogP contribution is -2.30. The summed E-state index contributed by atoms with van der Waals surface area (Å²) in [6.07, 6.45) is -1.22. The van der Waals surface area contributed by atoms with Crippen molar-refractivity contribution in [1.29, 1.82) is 0 Å². The van der Waals surface area contributed by atoms with Gasteiger partial charge in [-0.2, -0.15) is 0 Å². The molecule has 0 saturated carbocycles. The Labute approximate surface area is 181 Å². The molecule has 9 heteroatoms. The second-order valence-corrected chi connectivity index (χ2v) is 9.97. The maximum Gasteiger partial charge on any atom is 0.226 e. The number of fused-ring (bicyclic) bond motifs is 2. The highest BCUT2D eigenvalue weighted by atomic mass is 32.2. The van der Waals surface area contributed by atoms with Crippen LogP contribution in [0.3, 0.4) is 0 Å². The second kappa shape index (κ2) is 8.49. The summed E-state index contributed by atoms with van der Waals surface area (Å²) in [5, 5.41) is 0.693. The van der Waals surface area contributed by atoms with Gasteiger partial charge in [-0.1, -0.05) is 29.8 Å². The van der Waals surface area contributed by atoms with Crippen LogP contribution in [-0.4, -0.2) is 43.4 Å². The van der Waals surface area contributed by atoms with Crippen LogP contribution in [-0.2, 0) is 16.4 Å². The molecule has 2 unspecified atom stereocenters. The molecule has 0 bridgehead atoms. The lowest BCUT2D eigenvalue weighted by molar-refractivity contribution is 0.269. The molecule has 0 aliphatic carbocycles. The average molecular weight is 444 g/mol. The Morgan fingerprint density at radius 2 is 1.97 bits per heavy atom. The maximum atomic E-state index is 14.7. The van der Waals surface area contributed by atoms with Crippen LogP contribution in [0.25, 0.3) is 10.9 Å². The van der Waals surface area contributed by atoms with Crippen LogP contribution in [0, 0.1) is 6.92 Å². The van der Waals surface area contributed by atoms with Crippen molar-refractivity contribution in [1.82, 2.24) is 9.97 Å². The van der Waals surface area contributed by atoms with Gasteiger partial charge in [-0.3, -0.25) is 0 Å². The van der Waals surface area contributed by atoms with Gasteiger partial charge >= 0.3 is 0 Å². The standard InChI is InChI=1S/C22H26FN5O2S/c1-14-6-7-18-16(12-14)21(20(25)17(23)8-9-24)27-22(26-18)28-10-11-31(29,30)19-5-3-2-4-15(19)13-28/h2-7,12,17,20H,8-11,13,24-25H2,1H3. The number of hydrogen-bond acceptors (Lipinski definition) is 7. The zero-order valence-corrected chi connectivity index (χ0v) is 18.1. The molecule has 3 aromatic rings. The Balaban J connectivity index is 1.82. The SMILES string of the molecule is Cc1ccc2nc(N3CCS(=O)(=O)c4ccccc4C3)nc(C(N)C(F)CCN)c2c1. The molecule has 0 spiro atoms. The number of sulfone groups is 1. The van der Waals surface area contributed by atoms with Crippen molar-refractivity contribution < 1.29 is 12.8 Å². The van der Waals surface area contributed by atoms with E-state index in [0.29, 0.717) is 39.5 Å². The third-order valence-corrected chi connectivity index (χ3v) is 7.39. The van der Waals surface area contributed by atoms with Crippen molar-refractivity contribution in [2.75, 3.05) is 23.7 Å². The van der Waals surface area contributed by atoms with E-state index in [1.165, 1.54) is 0 Å². The molecule has 4 N–H and O–H groups in total. The molecule has 1 aliphatic heterocycles. The van der Waals surface area contributed by atoms with Gasteiger partial charge < -0.3 is 16.4 Å². The van der Waals surface area contributed by atoms with Crippen LogP contribution in [0.4, 0.5) is 10.3 Å². The highest BCUT2D eigenvalue weighted by molar-refractivity contribution is 7.91. The number of rotatable bonds is 5. The summed E-state index contributed by atoms with van der Waals surface area (Å²) in [4.78, 5) is 11.5. The quantitative estimate of drug-likeness (QED) is 0.622. The van der Waals surface area contributed by atoms with Gasteiger partial charge in [0.1, 0.15) is 6.17 Å². The summed E-state index contributed by atoms with van der Waals surface area (Å²) < 4.78 is 40.1. The molecule has 0 radical (unpaired) electrons. The molecule has 0 saturated heterocycles. The van der Waals surface area contributed by atoms with Gasteiger partial charge in [0.15, 0.2) is 9.84 Å². The maximum absolute atomic E-state index is 14.7. The monoisotopic (exact) mass is 443 g/mol. The van der Waals surface area contributed by atoms with Gasteiger partial charge in [0.25, 0.3) is 0 Å². The average Bonchev–Trinajstić information content (AvgIpc) is 2.89. The zero-order chi connectivity index (χ0) is 22.2. The van der Waals surface area contributed by atoms with Gasteiger partial charge in [0.2, 0.25) is 5.95 Å². The van der Waals surface area contributed by atoms with Crippen LogP contribution < -0.4 is 16.4 Å². The van der Waals surface area contributed by atoms with Gasteiger partial charge in [0, 0.05) is 18.5 Å². The third-order valence-electron chi connectivity index (χ3n) is 5.60. The lowest BCUT2D eigenvalue weighted by Gasteiger charge is -2.24. The summed E-state index contributed by atoms with van der Waals surface area (Å²) in [7, 11) is -3.41. The van der Waals surface area contributed by atoms with E-state index < -0.39 is 22.1 Å². The third kappa shape index (κ3) is 4.26. The fraction of sp³-hybridized carbons (Fsp3) is 0.364. The van der Waals surface area contributed by atoms with Crippen molar-refractivity contribution in [3.8, 4) is 0 Å². The van der Waals surface area contributed by atoms with Crippen LogP contribution >= 0.6 is 0 Å². The minimum atomic E-state index is -3.41. The summed E-state index contributed by atoms with van der Waals surface area (Å²) in [6.45, 7) is 2.69. The molecule has 2 aromatic carbocycles. The van der Waals surface area contributed by atoms with Crippen molar-refractivity contribution in [3.05, 3.63) is 59.3 Å². The number of benzene rings is 2. The number of alkyl halides is 1. The number of halogens is 1. The Kier molecular flexibility index (Phi) is 5.92. The van der Waals surface area contributed by atoms with E-state index in [0.717, 1.165) is 5.56 Å². The van der Waals surface area contributed by atoms with E-state index in [1.54, 1.807) is 18.2 Å². The predicted octanol–water partition coefficient (Wildman–Crippen LogP) is 2.42. The Morgan fingerprint density at radius 3 is 2.74 bits per heavy atom. The lowest BCUT2D eigenvalue weighted by atomic mass is 10.0. The summed E-state index contributed by atoms with van der Waals surface area (Å²) in [5.74, 6) is 0.285. The van der Waals surface area contributed by atoms with Gasteiger partial charge in [0.05, 0.1) is 27.9 Å². The molecule has 164 valence electrons. The summed E-state index contributed by atoms with van der Waals surface area (Å²) in [6, 6.07) is 11.7. The predicted molar refractivity (Wildman–Crippen MR) is 119 cm³/mol. The van der Waals surface area contributed by atoms with Gasteiger partial charge in [-0.15, -0.1) is 0 Å². The van der Waals surface area contributed by atoms with Crippen LogP contribution in [0.1, 0.15) is 29.3 Å². The van der Waals surface area contributed by atoms with E-state index in [2.05, 4.69) is 9.97 Å². The molecule has 0 fully saturated rings. The fourth-order valence-electron chi connectivity index (χ4n) is 3.89. The number of nitrogens with two attached hydrogens (primary N) is 2. The van der Waals surface area contributed by atoms with E-state index in [1.807, 2.05) is 36.1 Å². The number of nitrogens with zero attached hydrogens (tertiary/aromatic N) is 3. The zero-order valence-electron chi connectivity index (χ0n) is 17.3. The van der Waals surface area contributed by atoms with Crippen molar-refractivity contribution in [2.24, 2.45) is 11.5 Å². The normalized spacial score (nSPS) is 17.7. The van der Waals surface area contributed by atoms with Gasteiger partial charge in [-0.25, -0.2) is 22.8 Å². The molecule has 31 heavy (non-hydrogen) atoms. The van der Waals surface area contributed by atoms with E-state index >= 15 is 0 Å². The van der Waals surface area contributed by atoms with Crippen molar-refractivity contribution in [2.45, 2.75) is 37.0 Å². The Morgan fingerprint density at radius 1 is 1.19 bits per heavy atom. The molecule has 2 heterocycles. The minimum absolute atomic E-state index is 0.0559. The number of hydrogen-bond donors (Lipinski definition) is 2. The molecular formula is C22H26FN5O2S. The van der Waals surface area contributed by atoms with E-state index in [4.69, 9.17) is 11.5 Å². The molecule has 2 atom stereocenters. The van der Waals surface area contributed by atoms with E-state index in [9.17, 15) is 12.8 Å².